The molecule has 0 aliphatic heterocycles. The van der Waals surface area contributed by atoms with Crippen molar-refractivity contribution in [2.45, 2.75) is 56.4 Å². The molecule has 0 unspecified atom stereocenters. The van der Waals surface area contributed by atoms with Gasteiger partial charge in [-0.15, -0.1) is 0 Å². The zero-order chi connectivity index (χ0) is 23.8. The number of aliphatic carboxylic acids is 1. The van der Waals surface area contributed by atoms with Gasteiger partial charge in [-0.05, 0) is 47.9 Å². The lowest BCUT2D eigenvalue weighted by molar-refractivity contribution is -0.148. The van der Waals surface area contributed by atoms with Crippen LogP contribution in [0, 0.1) is 5.41 Å². The Hall–Kier alpha value is -3.35. The first kappa shape index (κ1) is 22.4. The second-order valence-corrected chi connectivity index (χ2v) is 9.98. The normalized spacial score (nSPS) is 19.1. The van der Waals surface area contributed by atoms with Crippen molar-refractivity contribution >= 4 is 18.0 Å². The lowest BCUT2D eigenvalue weighted by Crippen LogP contribution is -2.45. The third-order valence-corrected chi connectivity index (χ3v) is 7.70. The molecule has 0 atom stereocenters. The SMILES string of the molecule is O=C(CC1(NC(=O)OCC2c3ccccc3-c3ccccc32)CC1)NCC1(C(=O)O)CCCC1. The first-order valence-corrected chi connectivity index (χ1v) is 12.0. The fourth-order valence-corrected chi connectivity index (χ4v) is 5.50. The molecule has 0 aromatic heterocycles. The summed E-state index contributed by atoms with van der Waals surface area (Å²) in [5, 5.41) is 15.3. The monoisotopic (exact) mass is 462 g/mol. The van der Waals surface area contributed by atoms with Crippen molar-refractivity contribution in [2.75, 3.05) is 13.2 Å². The molecule has 7 heteroatoms. The molecule has 2 aromatic carbocycles. The molecule has 3 aliphatic rings. The number of carbonyl (C=O) groups is 3. The summed E-state index contributed by atoms with van der Waals surface area (Å²) in [7, 11) is 0. The van der Waals surface area contributed by atoms with E-state index in [-0.39, 0.29) is 31.4 Å². The molecule has 2 fully saturated rings. The molecule has 5 rings (SSSR count). The average molecular weight is 463 g/mol. The van der Waals surface area contributed by atoms with Crippen LogP contribution in [-0.2, 0) is 14.3 Å². The molecule has 2 aromatic rings. The first-order chi connectivity index (χ1) is 16.4. The molecule has 7 nitrogen and oxygen atoms in total. The van der Waals surface area contributed by atoms with Crippen LogP contribution >= 0.6 is 0 Å². The number of carboxylic acids is 1. The Labute approximate surface area is 198 Å². The zero-order valence-electron chi connectivity index (χ0n) is 19.1. The van der Waals surface area contributed by atoms with E-state index in [1.807, 2.05) is 24.3 Å². The van der Waals surface area contributed by atoms with Crippen molar-refractivity contribution in [3.63, 3.8) is 0 Å². The van der Waals surface area contributed by atoms with Crippen LogP contribution < -0.4 is 10.6 Å². The van der Waals surface area contributed by atoms with E-state index in [4.69, 9.17) is 4.74 Å². The van der Waals surface area contributed by atoms with Crippen LogP contribution in [-0.4, -0.2) is 41.8 Å². The Morgan fingerprint density at radius 1 is 0.912 bits per heavy atom. The molecule has 0 saturated heterocycles. The van der Waals surface area contributed by atoms with E-state index < -0.39 is 23.0 Å². The number of fused-ring (bicyclic) bond motifs is 3. The van der Waals surface area contributed by atoms with Gasteiger partial charge in [-0.25, -0.2) is 4.79 Å². The maximum absolute atomic E-state index is 12.6. The van der Waals surface area contributed by atoms with Gasteiger partial charge in [-0.1, -0.05) is 61.4 Å². The minimum absolute atomic E-state index is 0.0183. The number of carbonyl (C=O) groups excluding carboxylic acids is 2. The summed E-state index contributed by atoms with van der Waals surface area (Å²) in [6.45, 7) is 0.367. The zero-order valence-corrected chi connectivity index (χ0v) is 19.1. The Morgan fingerprint density at radius 3 is 2.06 bits per heavy atom. The number of benzene rings is 2. The Balaban J connectivity index is 1.15. The van der Waals surface area contributed by atoms with Gasteiger partial charge in [0.25, 0.3) is 0 Å². The minimum Gasteiger partial charge on any atom is -0.481 e. The molecule has 178 valence electrons. The second-order valence-electron chi connectivity index (χ2n) is 9.98. The van der Waals surface area contributed by atoms with Crippen LogP contribution in [0.1, 0.15) is 62.0 Å². The first-order valence-electron chi connectivity index (χ1n) is 12.0. The Kier molecular flexibility index (Phi) is 5.80. The Bertz CT molecular complexity index is 1070. The summed E-state index contributed by atoms with van der Waals surface area (Å²) >= 11 is 0. The number of ether oxygens (including phenoxy) is 1. The van der Waals surface area contributed by atoms with E-state index in [2.05, 4.69) is 34.9 Å². The van der Waals surface area contributed by atoms with Crippen LogP contribution in [0.15, 0.2) is 48.5 Å². The summed E-state index contributed by atoms with van der Waals surface area (Å²) in [4.78, 5) is 36.9. The maximum atomic E-state index is 12.6. The van der Waals surface area contributed by atoms with Crippen molar-refractivity contribution in [2.24, 2.45) is 5.41 Å². The van der Waals surface area contributed by atoms with Gasteiger partial charge >= 0.3 is 12.1 Å². The number of alkyl carbamates (subject to hydrolysis) is 1. The summed E-state index contributed by atoms with van der Waals surface area (Å²) in [5.74, 6) is -1.10. The minimum atomic E-state index is -0.855. The number of hydrogen-bond donors (Lipinski definition) is 3. The largest absolute Gasteiger partial charge is 0.481 e. The highest BCUT2D eigenvalue weighted by molar-refractivity contribution is 5.82. The molecule has 0 radical (unpaired) electrons. The summed E-state index contributed by atoms with van der Waals surface area (Å²) in [6.07, 6.45) is 3.93. The van der Waals surface area contributed by atoms with Crippen molar-refractivity contribution in [3.8, 4) is 11.1 Å². The van der Waals surface area contributed by atoms with E-state index in [1.165, 1.54) is 11.1 Å². The number of carboxylic acid groups (broad SMARTS) is 1. The molecule has 3 N–H and O–H groups in total. The highest BCUT2D eigenvalue weighted by atomic mass is 16.5. The van der Waals surface area contributed by atoms with Gasteiger partial charge in [0.1, 0.15) is 6.61 Å². The fraction of sp³-hybridized carbons (Fsp3) is 0.444. The molecular formula is C27H30N2O5. The lowest BCUT2D eigenvalue weighted by Gasteiger charge is -2.25. The number of rotatable bonds is 8. The van der Waals surface area contributed by atoms with Gasteiger partial charge < -0.3 is 20.5 Å². The molecule has 0 bridgehead atoms. The summed E-state index contributed by atoms with van der Waals surface area (Å²) in [6, 6.07) is 16.3. The molecule has 0 spiro atoms. The van der Waals surface area contributed by atoms with Crippen LogP contribution in [0.4, 0.5) is 4.79 Å². The van der Waals surface area contributed by atoms with Crippen molar-refractivity contribution in [1.29, 1.82) is 0 Å². The van der Waals surface area contributed by atoms with Gasteiger partial charge in [0.15, 0.2) is 0 Å². The van der Waals surface area contributed by atoms with E-state index in [9.17, 15) is 19.5 Å². The summed E-state index contributed by atoms with van der Waals surface area (Å²) in [5.41, 5.74) is 3.19. The second kappa shape index (κ2) is 8.78. The van der Waals surface area contributed by atoms with Crippen molar-refractivity contribution in [3.05, 3.63) is 59.7 Å². The third-order valence-electron chi connectivity index (χ3n) is 7.70. The standard InChI is InChI=1S/C27H30N2O5/c30-23(28-17-26(24(31)32)11-5-6-12-26)15-27(13-14-27)29-25(33)34-16-22-20-9-3-1-7-18(20)19-8-2-4-10-21(19)22/h1-4,7-10,22H,5-6,11-17H2,(H,28,30)(H,29,33)(H,31,32). The fourth-order valence-electron chi connectivity index (χ4n) is 5.50. The van der Waals surface area contributed by atoms with E-state index >= 15 is 0 Å². The summed E-state index contributed by atoms with van der Waals surface area (Å²) < 4.78 is 5.63. The highest BCUT2D eigenvalue weighted by Gasteiger charge is 2.47. The van der Waals surface area contributed by atoms with Gasteiger partial charge in [-0.3, -0.25) is 9.59 Å². The maximum Gasteiger partial charge on any atom is 0.407 e. The van der Waals surface area contributed by atoms with E-state index in [0.29, 0.717) is 25.7 Å². The van der Waals surface area contributed by atoms with Crippen molar-refractivity contribution < 1.29 is 24.2 Å². The number of amides is 2. The molecule has 34 heavy (non-hydrogen) atoms. The molecule has 2 saturated carbocycles. The van der Waals surface area contributed by atoms with Gasteiger partial charge in [0, 0.05) is 18.9 Å². The smallest absolute Gasteiger partial charge is 0.407 e. The molecule has 3 aliphatic carbocycles. The highest BCUT2D eigenvalue weighted by Crippen LogP contribution is 2.45. The quantitative estimate of drug-likeness (QED) is 0.545. The molecular weight excluding hydrogens is 432 g/mol. The number of hydrogen-bond acceptors (Lipinski definition) is 4. The molecule has 0 heterocycles. The molecule has 2 amide bonds. The van der Waals surface area contributed by atoms with Gasteiger partial charge in [0.2, 0.25) is 5.91 Å². The van der Waals surface area contributed by atoms with Crippen LogP contribution in [0.5, 0.6) is 0 Å². The average Bonchev–Trinajstić information content (AvgIpc) is 3.27. The Morgan fingerprint density at radius 2 is 1.50 bits per heavy atom. The van der Waals surface area contributed by atoms with Gasteiger partial charge in [0.05, 0.1) is 11.0 Å². The van der Waals surface area contributed by atoms with Gasteiger partial charge in [-0.2, -0.15) is 0 Å². The lowest BCUT2D eigenvalue weighted by atomic mass is 9.86. The third kappa shape index (κ3) is 4.27. The predicted molar refractivity (Wildman–Crippen MR) is 126 cm³/mol. The van der Waals surface area contributed by atoms with Crippen LogP contribution in [0.3, 0.4) is 0 Å². The van der Waals surface area contributed by atoms with E-state index in [0.717, 1.165) is 24.0 Å². The van der Waals surface area contributed by atoms with Crippen molar-refractivity contribution in [1.82, 2.24) is 10.6 Å². The van der Waals surface area contributed by atoms with E-state index in [1.54, 1.807) is 0 Å². The topological polar surface area (TPSA) is 105 Å². The predicted octanol–water partition coefficient (Wildman–Crippen LogP) is 4.21. The number of nitrogens with one attached hydrogen (secondary N) is 2. The van der Waals surface area contributed by atoms with Crippen LogP contribution in [0.25, 0.3) is 11.1 Å². The van der Waals surface area contributed by atoms with Crippen LogP contribution in [0.2, 0.25) is 0 Å².